The van der Waals surface area contributed by atoms with Crippen LogP contribution in [-0.4, -0.2) is 20.1 Å². The minimum atomic E-state index is -0.503. The number of rotatable bonds is 2. The van der Waals surface area contributed by atoms with Gasteiger partial charge in [-0.1, -0.05) is 25.3 Å². The topological polar surface area (TPSA) is 37.5 Å². The summed E-state index contributed by atoms with van der Waals surface area (Å²) in [4.78, 5) is 4.28. The molecule has 0 atom stereocenters. The standard InChI is InChI=1S/C14H18N2O/c17-14(7-2-1-3-8-14)11-12-5-4-6-13-15-9-10-16(12)13/h4-6,9-10,17H,1-3,7-8,11H2. The number of aromatic nitrogens is 2. The van der Waals surface area contributed by atoms with Gasteiger partial charge >= 0.3 is 0 Å². The molecule has 90 valence electrons. The van der Waals surface area contributed by atoms with Crippen LogP contribution in [0.1, 0.15) is 37.8 Å². The second kappa shape index (κ2) is 4.15. The highest BCUT2D eigenvalue weighted by Crippen LogP contribution is 2.31. The zero-order chi connectivity index (χ0) is 11.7. The zero-order valence-electron chi connectivity index (χ0n) is 9.97. The first-order chi connectivity index (χ1) is 8.27. The molecule has 3 nitrogen and oxygen atoms in total. The van der Waals surface area contributed by atoms with E-state index in [4.69, 9.17) is 0 Å². The summed E-state index contributed by atoms with van der Waals surface area (Å²) in [6, 6.07) is 6.10. The monoisotopic (exact) mass is 230 g/mol. The molecule has 1 aliphatic rings. The van der Waals surface area contributed by atoms with Gasteiger partial charge in [0.05, 0.1) is 5.60 Å². The Bertz CT molecular complexity index is 512. The van der Waals surface area contributed by atoms with Crippen LogP contribution in [0.5, 0.6) is 0 Å². The summed E-state index contributed by atoms with van der Waals surface area (Å²) < 4.78 is 2.08. The second-order valence-electron chi connectivity index (χ2n) is 5.13. The van der Waals surface area contributed by atoms with Gasteiger partial charge in [0.25, 0.3) is 0 Å². The fraction of sp³-hybridized carbons (Fsp3) is 0.500. The van der Waals surface area contributed by atoms with E-state index >= 15 is 0 Å². The van der Waals surface area contributed by atoms with E-state index in [0.29, 0.717) is 0 Å². The smallest absolute Gasteiger partial charge is 0.136 e. The number of nitrogens with zero attached hydrogens (tertiary/aromatic N) is 2. The van der Waals surface area contributed by atoms with Gasteiger partial charge in [-0.3, -0.25) is 0 Å². The van der Waals surface area contributed by atoms with E-state index in [1.165, 1.54) is 6.42 Å². The average Bonchev–Trinajstić information content (AvgIpc) is 2.79. The number of aliphatic hydroxyl groups is 1. The van der Waals surface area contributed by atoms with Crippen molar-refractivity contribution in [3.63, 3.8) is 0 Å². The molecule has 0 aliphatic heterocycles. The van der Waals surface area contributed by atoms with Crippen molar-refractivity contribution in [1.29, 1.82) is 0 Å². The Morgan fingerprint density at radius 3 is 2.88 bits per heavy atom. The molecule has 2 aromatic rings. The Labute approximate surface area is 101 Å². The quantitative estimate of drug-likeness (QED) is 0.861. The number of hydrogen-bond donors (Lipinski definition) is 1. The summed E-state index contributed by atoms with van der Waals surface area (Å²) >= 11 is 0. The molecule has 1 saturated carbocycles. The maximum atomic E-state index is 10.6. The third-order valence-corrected chi connectivity index (χ3v) is 3.81. The molecule has 2 heterocycles. The van der Waals surface area contributed by atoms with Crippen molar-refractivity contribution in [2.75, 3.05) is 0 Å². The largest absolute Gasteiger partial charge is 0.389 e. The Balaban J connectivity index is 1.91. The summed E-state index contributed by atoms with van der Waals surface area (Å²) in [7, 11) is 0. The number of fused-ring (bicyclic) bond motifs is 1. The molecule has 0 radical (unpaired) electrons. The van der Waals surface area contributed by atoms with Crippen LogP contribution in [0.3, 0.4) is 0 Å². The second-order valence-corrected chi connectivity index (χ2v) is 5.13. The average molecular weight is 230 g/mol. The predicted molar refractivity (Wildman–Crippen MR) is 66.9 cm³/mol. The maximum Gasteiger partial charge on any atom is 0.136 e. The van der Waals surface area contributed by atoms with Crippen LogP contribution in [0.2, 0.25) is 0 Å². The van der Waals surface area contributed by atoms with E-state index in [-0.39, 0.29) is 0 Å². The van der Waals surface area contributed by atoms with Crippen LogP contribution >= 0.6 is 0 Å². The van der Waals surface area contributed by atoms with Crippen molar-refractivity contribution in [2.45, 2.75) is 44.1 Å². The van der Waals surface area contributed by atoms with Gasteiger partial charge in [0, 0.05) is 24.5 Å². The maximum absolute atomic E-state index is 10.6. The predicted octanol–water partition coefficient (Wildman–Crippen LogP) is 2.57. The van der Waals surface area contributed by atoms with Crippen molar-refractivity contribution in [3.8, 4) is 0 Å². The van der Waals surface area contributed by atoms with Crippen LogP contribution in [0.15, 0.2) is 30.6 Å². The first-order valence-corrected chi connectivity index (χ1v) is 6.40. The summed E-state index contributed by atoms with van der Waals surface area (Å²) in [6.07, 6.45) is 9.93. The first kappa shape index (κ1) is 10.8. The van der Waals surface area contributed by atoms with Crippen LogP contribution < -0.4 is 0 Å². The molecule has 0 saturated heterocycles. The zero-order valence-corrected chi connectivity index (χ0v) is 9.97. The number of hydrogen-bond acceptors (Lipinski definition) is 2. The van der Waals surface area contributed by atoms with Crippen molar-refractivity contribution in [2.24, 2.45) is 0 Å². The lowest BCUT2D eigenvalue weighted by molar-refractivity contribution is 0.00345. The third-order valence-electron chi connectivity index (χ3n) is 3.81. The normalized spacial score (nSPS) is 19.6. The van der Waals surface area contributed by atoms with Gasteiger partial charge in [0.15, 0.2) is 0 Å². The lowest BCUT2D eigenvalue weighted by atomic mass is 9.81. The molecule has 3 heteroatoms. The number of imidazole rings is 1. The summed E-state index contributed by atoms with van der Waals surface area (Å²) in [5, 5.41) is 10.6. The Kier molecular flexibility index (Phi) is 2.63. The van der Waals surface area contributed by atoms with Gasteiger partial charge in [0.2, 0.25) is 0 Å². The van der Waals surface area contributed by atoms with Gasteiger partial charge in [-0.2, -0.15) is 0 Å². The molecule has 2 aromatic heterocycles. The van der Waals surface area contributed by atoms with E-state index in [1.807, 2.05) is 24.5 Å². The van der Waals surface area contributed by atoms with E-state index < -0.39 is 5.60 Å². The SMILES string of the molecule is OC1(Cc2cccc3nccn23)CCCCC1. The molecule has 0 amide bonds. The van der Waals surface area contributed by atoms with Crippen molar-refractivity contribution in [3.05, 3.63) is 36.3 Å². The van der Waals surface area contributed by atoms with Crippen molar-refractivity contribution < 1.29 is 5.11 Å². The summed E-state index contributed by atoms with van der Waals surface area (Å²) in [6.45, 7) is 0. The lowest BCUT2D eigenvalue weighted by Crippen LogP contribution is -2.34. The Morgan fingerprint density at radius 1 is 1.24 bits per heavy atom. The molecule has 3 rings (SSSR count). The van der Waals surface area contributed by atoms with Gasteiger partial charge < -0.3 is 9.51 Å². The molecular formula is C14H18N2O. The minimum Gasteiger partial charge on any atom is -0.389 e. The molecule has 1 aliphatic carbocycles. The number of pyridine rings is 1. The molecule has 0 spiro atoms. The van der Waals surface area contributed by atoms with Crippen molar-refractivity contribution >= 4 is 5.65 Å². The van der Waals surface area contributed by atoms with E-state index in [2.05, 4.69) is 15.5 Å². The molecule has 0 aromatic carbocycles. The van der Waals surface area contributed by atoms with Gasteiger partial charge in [-0.15, -0.1) is 0 Å². The first-order valence-electron chi connectivity index (χ1n) is 6.40. The van der Waals surface area contributed by atoms with Crippen molar-refractivity contribution in [1.82, 2.24) is 9.38 Å². The van der Waals surface area contributed by atoms with Crippen LogP contribution in [-0.2, 0) is 6.42 Å². The van der Waals surface area contributed by atoms with Gasteiger partial charge in [-0.25, -0.2) is 4.98 Å². The Hall–Kier alpha value is -1.35. The van der Waals surface area contributed by atoms with Gasteiger partial charge in [0.1, 0.15) is 5.65 Å². The molecule has 1 fully saturated rings. The fourth-order valence-corrected chi connectivity index (χ4v) is 2.87. The molecule has 17 heavy (non-hydrogen) atoms. The summed E-state index contributed by atoms with van der Waals surface area (Å²) in [5.74, 6) is 0. The molecule has 1 N–H and O–H groups in total. The van der Waals surface area contributed by atoms with E-state index in [9.17, 15) is 5.11 Å². The fourth-order valence-electron chi connectivity index (χ4n) is 2.87. The highest BCUT2D eigenvalue weighted by Gasteiger charge is 2.29. The van der Waals surface area contributed by atoms with Crippen LogP contribution in [0, 0.1) is 0 Å². The molecule has 0 bridgehead atoms. The van der Waals surface area contributed by atoms with E-state index in [0.717, 1.165) is 43.4 Å². The molecule has 0 unspecified atom stereocenters. The Morgan fingerprint density at radius 2 is 2.06 bits per heavy atom. The minimum absolute atomic E-state index is 0.503. The molecular weight excluding hydrogens is 212 g/mol. The van der Waals surface area contributed by atoms with Crippen LogP contribution in [0.25, 0.3) is 5.65 Å². The highest BCUT2D eigenvalue weighted by molar-refractivity contribution is 5.40. The van der Waals surface area contributed by atoms with Crippen LogP contribution in [0.4, 0.5) is 0 Å². The highest BCUT2D eigenvalue weighted by atomic mass is 16.3. The van der Waals surface area contributed by atoms with Gasteiger partial charge in [-0.05, 0) is 25.0 Å². The van der Waals surface area contributed by atoms with E-state index in [1.54, 1.807) is 0 Å². The third kappa shape index (κ3) is 2.07. The lowest BCUT2D eigenvalue weighted by Gasteiger charge is -2.32. The summed E-state index contributed by atoms with van der Waals surface area (Å²) in [5.41, 5.74) is 1.61.